The molecule has 0 spiro atoms. The van der Waals surface area contributed by atoms with E-state index < -0.39 is 6.03 Å². The van der Waals surface area contributed by atoms with Gasteiger partial charge in [0.1, 0.15) is 18.0 Å². The summed E-state index contributed by atoms with van der Waals surface area (Å²) in [5, 5.41) is 21.0. The predicted octanol–water partition coefficient (Wildman–Crippen LogP) is 4.15. The Morgan fingerprint density at radius 2 is 2.14 bits per heavy atom. The zero-order valence-electron chi connectivity index (χ0n) is 18.7. The van der Waals surface area contributed by atoms with Crippen LogP contribution >= 0.6 is 22.7 Å². The van der Waals surface area contributed by atoms with Crippen molar-refractivity contribution < 1.29 is 14.3 Å². The lowest BCUT2D eigenvalue weighted by Gasteiger charge is -2.16. The van der Waals surface area contributed by atoms with E-state index in [1.165, 1.54) is 23.5 Å². The van der Waals surface area contributed by atoms with E-state index in [1.807, 2.05) is 16.3 Å². The van der Waals surface area contributed by atoms with E-state index in [9.17, 15) is 14.3 Å². The average molecular weight is 514 g/mol. The Kier molecular flexibility index (Phi) is 7.13. The summed E-state index contributed by atoms with van der Waals surface area (Å²) in [5.41, 5.74) is 1.89. The number of urea groups is 1. The van der Waals surface area contributed by atoms with Gasteiger partial charge in [-0.05, 0) is 36.1 Å². The van der Waals surface area contributed by atoms with Crippen molar-refractivity contribution in [3.05, 3.63) is 58.4 Å². The smallest absolute Gasteiger partial charge is 0.325 e. The lowest BCUT2D eigenvalue weighted by Crippen LogP contribution is -2.23. The van der Waals surface area contributed by atoms with Crippen LogP contribution in [0.4, 0.5) is 25.8 Å². The molecule has 4 N–H and O–H groups in total. The normalized spacial score (nSPS) is 16.0. The number of nitrogens with zero attached hydrogens (tertiary/aromatic N) is 4. The summed E-state index contributed by atoms with van der Waals surface area (Å²) in [4.78, 5) is 28.3. The molecule has 5 rings (SSSR count). The Hall–Kier alpha value is -3.19. The second-order valence-electron chi connectivity index (χ2n) is 8.23. The second-order valence-corrected chi connectivity index (χ2v) is 10.3. The fourth-order valence-electron chi connectivity index (χ4n) is 3.93. The number of aromatic nitrogens is 3. The van der Waals surface area contributed by atoms with E-state index in [0.717, 1.165) is 33.9 Å². The van der Waals surface area contributed by atoms with Gasteiger partial charge in [0, 0.05) is 54.9 Å². The Labute approximate surface area is 209 Å². The maximum absolute atomic E-state index is 14.2. The standard InChI is InChI=1S/C23H24FN7O2S2/c24-18-2-1-15(9-14(18)11-31-7-4-16(32)12-31)29-22(33)30-23-26-10-17(35-23)3-6-25-21-20-19(5-8-34-20)27-13-28-21/h1-2,5,8-10,13,16,32H,3-4,6-7,11-12H2,(H,25,27,28)(H2,26,29,30,33)/t16-/m0/s1. The molecule has 4 aromatic rings. The van der Waals surface area contributed by atoms with Crippen LogP contribution in [0.3, 0.4) is 0 Å². The van der Waals surface area contributed by atoms with Crippen molar-refractivity contribution in [1.29, 1.82) is 0 Å². The number of hydrogen-bond donors (Lipinski definition) is 4. The highest BCUT2D eigenvalue weighted by Gasteiger charge is 2.21. The summed E-state index contributed by atoms with van der Waals surface area (Å²) in [5.74, 6) is 0.476. The van der Waals surface area contributed by atoms with Crippen molar-refractivity contribution >= 4 is 55.6 Å². The zero-order valence-corrected chi connectivity index (χ0v) is 20.3. The Morgan fingerprint density at radius 1 is 1.23 bits per heavy atom. The van der Waals surface area contributed by atoms with Crippen LogP contribution in [0.25, 0.3) is 10.2 Å². The minimum Gasteiger partial charge on any atom is -0.392 e. The molecule has 0 aliphatic carbocycles. The van der Waals surface area contributed by atoms with Crippen molar-refractivity contribution in [2.75, 3.05) is 35.6 Å². The Bertz CT molecular complexity index is 1330. The number of hydrogen-bond acceptors (Lipinski definition) is 9. The topological polar surface area (TPSA) is 115 Å². The van der Waals surface area contributed by atoms with Gasteiger partial charge in [0.2, 0.25) is 0 Å². The predicted molar refractivity (Wildman–Crippen MR) is 137 cm³/mol. The number of amides is 2. The summed E-state index contributed by atoms with van der Waals surface area (Å²) < 4.78 is 15.3. The van der Waals surface area contributed by atoms with Crippen molar-refractivity contribution in [2.24, 2.45) is 0 Å². The van der Waals surface area contributed by atoms with Crippen LogP contribution in [0.5, 0.6) is 0 Å². The number of β-amino-alcohol motifs (C(OH)–C–C–N with tert-alkyl or cyclic N) is 1. The van der Waals surface area contributed by atoms with E-state index in [1.54, 1.807) is 29.9 Å². The van der Waals surface area contributed by atoms with Gasteiger partial charge < -0.3 is 15.7 Å². The molecule has 35 heavy (non-hydrogen) atoms. The third-order valence-electron chi connectivity index (χ3n) is 5.63. The number of anilines is 3. The summed E-state index contributed by atoms with van der Waals surface area (Å²) in [6.07, 6.45) is 4.33. The van der Waals surface area contributed by atoms with Crippen LogP contribution in [0.2, 0.25) is 0 Å². The first-order chi connectivity index (χ1) is 17.0. The van der Waals surface area contributed by atoms with Gasteiger partial charge in [-0.25, -0.2) is 24.1 Å². The largest absolute Gasteiger partial charge is 0.392 e. The molecule has 0 radical (unpaired) electrons. The molecule has 0 bridgehead atoms. The highest BCUT2D eigenvalue weighted by Crippen LogP contribution is 2.25. The first kappa shape index (κ1) is 23.5. The van der Waals surface area contributed by atoms with Crippen LogP contribution in [-0.4, -0.2) is 56.7 Å². The van der Waals surface area contributed by atoms with Crippen molar-refractivity contribution in [3.8, 4) is 0 Å². The number of thiazole rings is 1. The minimum absolute atomic E-state index is 0.336. The van der Waals surface area contributed by atoms with Crippen molar-refractivity contribution in [3.63, 3.8) is 0 Å². The Morgan fingerprint density at radius 3 is 3.00 bits per heavy atom. The number of carbonyl (C=O) groups excluding carboxylic acids is 1. The monoisotopic (exact) mass is 513 g/mol. The number of thiophene rings is 1. The van der Waals surface area contributed by atoms with E-state index in [0.29, 0.717) is 42.4 Å². The SMILES string of the molecule is O=C(Nc1ccc(F)c(CN2CC[C@H](O)C2)c1)Nc1ncc(CCNc2ncnc3ccsc23)s1. The number of carbonyl (C=O) groups is 1. The van der Waals surface area contributed by atoms with Gasteiger partial charge in [0.05, 0.1) is 16.3 Å². The molecule has 182 valence electrons. The average Bonchev–Trinajstić information content (AvgIpc) is 3.58. The third-order valence-corrected chi connectivity index (χ3v) is 7.51. The van der Waals surface area contributed by atoms with Crippen LogP contribution in [0, 0.1) is 5.82 Å². The minimum atomic E-state index is -0.445. The van der Waals surface area contributed by atoms with Crippen LogP contribution < -0.4 is 16.0 Å². The number of fused-ring (bicyclic) bond motifs is 1. The lowest BCUT2D eigenvalue weighted by atomic mass is 10.1. The quantitative estimate of drug-likeness (QED) is 0.280. The fourth-order valence-corrected chi connectivity index (χ4v) is 5.55. The molecule has 1 aliphatic rings. The molecule has 4 heterocycles. The Balaban J connectivity index is 1.12. The third kappa shape index (κ3) is 5.90. The summed E-state index contributed by atoms with van der Waals surface area (Å²) >= 11 is 2.99. The molecular formula is C23H24FN7O2S2. The molecule has 0 unspecified atom stereocenters. The van der Waals surface area contributed by atoms with Gasteiger partial charge >= 0.3 is 6.03 Å². The summed E-state index contributed by atoms with van der Waals surface area (Å²) in [7, 11) is 0. The molecule has 3 aromatic heterocycles. The maximum atomic E-state index is 14.2. The van der Waals surface area contributed by atoms with Crippen LogP contribution in [0.1, 0.15) is 16.9 Å². The highest BCUT2D eigenvalue weighted by molar-refractivity contribution is 7.17. The van der Waals surface area contributed by atoms with Crippen LogP contribution in [-0.2, 0) is 13.0 Å². The molecular weight excluding hydrogens is 489 g/mol. The summed E-state index contributed by atoms with van der Waals surface area (Å²) in [6, 6.07) is 6.00. The summed E-state index contributed by atoms with van der Waals surface area (Å²) in [6.45, 7) is 2.30. The van der Waals surface area contributed by atoms with Gasteiger partial charge in [0.25, 0.3) is 0 Å². The van der Waals surface area contributed by atoms with Crippen LogP contribution in [0.15, 0.2) is 42.2 Å². The van der Waals surface area contributed by atoms with E-state index >= 15 is 0 Å². The fraction of sp³-hybridized carbons (Fsp3) is 0.304. The van der Waals surface area contributed by atoms with E-state index in [2.05, 4.69) is 30.9 Å². The molecule has 1 aromatic carbocycles. The number of rotatable bonds is 8. The number of aliphatic hydroxyl groups is 1. The molecule has 9 nitrogen and oxygen atoms in total. The van der Waals surface area contributed by atoms with Crippen molar-refractivity contribution in [1.82, 2.24) is 19.9 Å². The first-order valence-corrected chi connectivity index (χ1v) is 12.9. The van der Waals surface area contributed by atoms with Gasteiger partial charge in [-0.1, -0.05) is 0 Å². The molecule has 2 amide bonds. The molecule has 1 atom stereocenters. The van der Waals surface area contributed by atoms with Gasteiger partial charge in [0.15, 0.2) is 5.13 Å². The van der Waals surface area contributed by atoms with Gasteiger partial charge in [-0.2, -0.15) is 0 Å². The lowest BCUT2D eigenvalue weighted by molar-refractivity contribution is 0.174. The number of likely N-dealkylation sites (tertiary alicyclic amines) is 1. The number of halogens is 1. The van der Waals surface area contributed by atoms with E-state index in [4.69, 9.17) is 0 Å². The molecule has 1 fully saturated rings. The number of benzene rings is 1. The molecule has 1 aliphatic heterocycles. The second kappa shape index (κ2) is 10.6. The molecule has 12 heteroatoms. The van der Waals surface area contributed by atoms with E-state index in [-0.39, 0.29) is 11.9 Å². The highest BCUT2D eigenvalue weighted by atomic mass is 32.1. The molecule has 1 saturated heterocycles. The maximum Gasteiger partial charge on any atom is 0.325 e. The number of aliphatic hydroxyl groups excluding tert-OH is 1. The zero-order chi connectivity index (χ0) is 24.2. The van der Waals surface area contributed by atoms with Gasteiger partial charge in [-0.3, -0.25) is 10.2 Å². The van der Waals surface area contributed by atoms with Gasteiger partial charge in [-0.15, -0.1) is 22.7 Å². The molecule has 0 saturated carbocycles. The number of nitrogens with one attached hydrogen (secondary N) is 3. The first-order valence-electron chi connectivity index (χ1n) is 11.2. The van der Waals surface area contributed by atoms with Crippen molar-refractivity contribution in [2.45, 2.75) is 25.5 Å².